The number of hydrogen-bond acceptors (Lipinski definition) is 4. The van der Waals surface area contributed by atoms with E-state index in [1.165, 1.54) is 5.56 Å². The van der Waals surface area contributed by atoms with Crippen LogP contribution >= 0.6 is 0 Å². The number of rotatable bonds is 4. The molecule has 0 amide bonds. The van der Waals surface area contributed by atoms with E-state index < -0.39 is 10.0 Å². The Morgan fingerprint density at radius 2 is 1.78 bits per heavy atom. The van der Waals surface area contributed by atoms with E-state index in [-0.39, 0.29) is 6.04 Å². The Labute approximate surface area is 188 Å². The van der Waals surface area contributed by atoms with Crippen LogP contribution in [0.1, 0.15) is 12.5 Å². The molecule has 0 spiro atoms. The fourth-order valence-corrected chi connectivity index (χ4v) is 5.90. The van der Waals surface area contributed by atoms with Gasteiger partial charge in [-0.25, -0.2) is 13.4 Å². The van der Waals surface area contributed by atoms with Gasteiger partial charge in [0, 0.05) is 36.9 Å². The van der Waals surface area contributed by atoms with Gasteiger partial charge in [0.25, 0.3) is 0 Å². The van der Waals surface area contributed by atoms with Gasteiger partial charge in [0.1, 0.15) is 5.82 Å². The fourth-order valence-electron chi connectivity index (χ4n) is 4.36. The van der Waals surface area contributed by atoms with Crippen LogP contribution < -0.4 is 4.90 Å². The van der Waals surface area contributed by atoms with Crippen LogP contribution in [0.25, 0.3) is 22.4 Å². The first-order valence-corrected chi connectivity index (χ1v) is 12.2. The van der Waals surface area contributed by atoms with Gasteiger partial charge in [0.2, 0.25) is 10.0 Å². The molecule has 164 valence electrons. The van der Waals surface area contributed by atoms with Crippen molar-refractivity contribution in [2.24, 2.45) is 0 Å². The molecule has 1 aliphatic rings. The molecule has 4 aromatic rings. The van der Waals surface area contributed by atoms with E-state index >= 15 is 0 Å². The third kappa shape index (κ3) is 3.78. The number of aryl methyl sites for hydroxylation is 1. The lowest BCUT2D eigenvalue weighted by molar-refractivity contribution is 0.342. The van der Waals surface area contributed by atoms with Crippen LogP contribution in [-0.4, -0.2) is 48.4 Å². The molecule has 1 saturated heterocycles. The first-order valence-electron chi connectivity index (χ1n) is 10.8. The Morgan fingerprint density at radius 1 is 0.969 bits per heavy atom. The van der Waals surface area contributed by atoms with E-state index in [2.05, 4.69) is 46.9 Å². The number of fused-ring (bicyclic) bond motifs is 1. The second-order valence-corrected chi connectivity index (χ2v) is 10.3. The van der Waals surface area contributed by atoms with Crippen molar-refractivity contribution in [1.29, 1.82) is 0 Å². The third-order valence-corrected chi connectivity index (χ3v) is 7.92. The minimum atomic E-state index is -3.60. The molecule has 5 rings (SSSR count). The molecule has 0 saturated carbocycles. The average molecular weight is 447 g/mol. The van der Waals surface area contributed by atoms with Gasteiger partial charge >= 0.3 is 0 Å². The summed E-state index contributed by atoms with van der Waals surface area (Å²) in [5.41, 5.74) is 4.78. The van der Waals surface area contributed by atoms with E-state index in [4.69, 9.17) is 0 Å². The quantitative estimate of drug-likeness (QED) is 0.503. The molecule has 0 radical (unpaired) electrons. The summed E-state index contributed by atoms with van der Waals surface area (Å²) >= 11 is 0. The molecular weight excluding hydrogens is 420 g/mol. The molecule has 1 aliphatic heterocycles. The second-order valence-electron chi connectivity index (χ2n) is 8.37. The van der Waals surface area contributed by atoms with Crippen molar-refractivity contribution in [1.82, 2.24) is 14.3 Å². The van der Waals surface area contributed by atoms with Crippen molar-refractivity contribution in [3.05, 3.63) is 78.4 Å². The predicted octanol–water partition coefficient (Wildman–Crippen LogP) is 4.44. The molecule has 1 fully saturated rings. The lowest BCUT2D eigenvalue weighted by Crippen LogP contribution is -2.53. The molecule has 0 bridgehead atoms. The summed E-state index contributed by atoms with van der Waals surface area (Å²) in [4.78, 5) is 10.5. The number of imidazole rings is 1. The predicted molar refractivity (Wildman–Crippen MR) is 128 cm³/mol. The van der Waals surface area contributed by atoms with E-state index in [0.29, 0.717) is 24.5 Å². The van der Waals surface area contributed by atoms with E-state index in [1.54, 1.807) is 22.5 Å². The van der Waals surface area contributed by atoms with Gasteiger partial charge in [-0.15, -0.1) is 0 Å². The lowest BCUT2D eigenvalue weighted by atomic mass is 10.1. The van der Waals surface area contributed by atoms with Crippen molar-refractivity contribution in [3.63, 3.8) is 0 Å². The van der Waals surface area contributed by atoms with Crippen LogP contribution in [0.5, 0.6) is 0 Å². The highest BCUT2D eigenvalue weighted by Crippen LogP contribution is 2.27. The zero-order valence-corrected chi connectivity index (χ0v) is 19.0. The van der Waals surface area contributed by atoms with Gasteiger partial charge in [0.05, 0.1) is 15.9 Å². The maximum atomic E-state index is 13.4. The minimum Gasteiger partial charge on any atom is -0.366 e. The number of sulfonamides is 1. The molecule has 32 heavy (non-hydrogen) atoms. The number of nitrogens with zero attached hydrogens (tertiary/aromatic N) is 3. The highest BCUT2D eigenvalue weighted by Gasteiger charge is 2.32. The molecule has 1 aromatic heterocycles. The Kier molecular flexibility index (Phi) is 5.23. The van der Waals surface area contributed by atoms with Crippen LogP contribution in [-0.2, 0) is 10.0 Å². The van der Waals surface area contributed by atoms with Crippen molar-refractivity contribution in [2.75, 3.05) is 24.5 Å². The summed E-state index contributed by atoms with van der Waals surface area (Å²) in [6, 6.07) is 23.4. The lowest BCUT2D eigenvalue weighted by Gasteiger charge is -2.40. The first kappa shape index (κ1) is 20.7. The van der Waals surface area contributed by atoms with Crippen LogP contribution in [0, 0.1) is 6.92 Å². The summed E-state index contributed by atoms with van der Waals surface area (Å²) < 4.78 is 28.4. The molecule has 2 heterocycles. The summed E-state index contributed by atoms with van der Waals surface area (Å²) in [5, 5.41) is 0. The molecule has 6 nitrogen and oxygen atoms in total. The van der Waals surface area contributed by atoms with E-state index in [1.807, 2.05) is 36.4 Å². The van der Waals surface area contributed by atoms with Crippen LogP contribution in [0.2, 0.25) is 0 Å². The van der Waals surface area contributed by atoms with Gasteiger partial charge in [-0.05, 0) is 49.7 Å². The van der Waals surface area contributed by atoms with Gasteiger partial charge < -0.3 is 9.88 Å². The molecule has 1 atom stereocenters. The van der Waals surface area contributed by atoms with E-state index in [0.717, 1.165) is 28.1 Å². The molecule has 0 unspecified atom stereocenters. The van der Waals surface area contributed by atoms with Crippen LogP contribution in [0.4, 0.5) is 5.69 Å². The number of piperazine rings is 1. The topological polar surface area (TPSA) is 69.3 Å². The van der Waals surface area contributed by atoms with Crippen molar-refractivity contribution in [3.8, 4) is 11.4 Å². The highest BCUT2D eigenvalue weighted by atomic mass is 32.2. The standard InChI is InChI=1S/C25H26N4O2S/c1-18-7-6-10-21(15-18)29-14-13-28(17-19(29)2)32(30,31)22-11-12-23-24(16-22)27-25(26-23)20-8-4-3-5-9-20/h3-12,15-16,19H,13-14,17H2,1-2H3,(H,26,27)/t19-/m0/s1. The number of hydrogen-bond donors (Lipinski definition) is 1. The number of H-pyrrole nitrogens is 1. The van der Waals surface area contributed by atoms with Gasteiger partial charge in [0.15, 0.2) is 0 Å². The monoisotopic (exact) mass is 446 g/mol. The van der Waals surface area contributed by atoms with Crippen molar-refractivity contribution in [2.45, 2.75) is 24.8 Å². The largest absolute Gasteiger partial charge is 0.366 e. The maximum Gasteiger partial charge on any atom is 0.243 e. The highest BCUT2D eigenvalue weighted by molar-refractivity contribution is 7.89. The van der Waals surface area contributed by atoms with Crippen LogP contribution in [0.15, 0.2) is 77.7 Å². The summed E-state index contributed by atoms with van der Waals surface area (Å²) in [6.07, 6.45) is 0. The molecule has 3 aromatic carbocycles. The third-order valence-electron chi connectivity index (χ3n) is 6.06. The summed E-state index contributed by atoms with van der Waals surface area (Å²) in [6.45, 7) is 5.72. The Bertz CT molecular complexity index is 1370. The number of aromatic amines is 1. The maximum absolute atomic E-state index is 13.4. The zero-order valence-electron chi connectivity index (χ0n) is 18.2. The van der Waals surface area contributed by atoms with Gasteiger partial charge in [-0.2, -0.15) is 4.31 Å². The number of nitrogens with one attached hydrogen (secondary N) is 1. The van der Waals surface area contributed by atoms with E-state index in [9.17, 15) is 8.42 Å². The Balaban J connectivity index is 1.39. The normalized spacial score (nSPS) is 17.7. The Hall–Kier alpha value is -3.16. The molecular formula is C25H26N4O2S. The molecule has 0 aliphatic carbocycles. The smallest absolute Gasteiger partial charge is 0.243 e. The zero-order chi connectivity index (χ0) is 22.3. The molecule has 7 heteroatoms. The van der Waals surface area contributed by atoms with Crippen LogP contribution in [0.3, 0.4) is 0 Å². The minimum absolute atomic E-state index is 0.0842. The number of aromatic nitrogens is 2. The second kappa shape index (κ2) is 8.07. The molecule has 1 N–H and O–H groups in total. The van der Waals surface area contributed by atoms with Crippen molar-refractivity contribution < 1.29 is 8.42 Å². The summed E-state index contributed by atoms with van der Waals surface area (Å²) in [7, 11) is -3.60. The Morgan fingerprint density at radius 3 is 2.53 bits per heavy atom. The van der Waals surface area contributed by atoms with Gasteiger partial charge in [-0.1, -0.05) is 42.5 Å². The SMILES string of the molecule is Cc1cccc(N2CCN(S(=O)(=O)c3ccc4nc(-c5ccccc5)[nH]c4c3)C[C@@H]2C)c1. The number of anilines is 1. The first-order chi connectivity index (χ1) is 15.4. The average Bonchev–Trinajstić information content (AvgIpc) is 3.23. The van der Waals surface area contributed by atoms with Crippen molar-refractivity contribution >= 4 is 26.7 Å². The fraction of sp³-hybridized carbons (Fsp3) is 0.240. The summed E-state index contributed by atoms with van der Waals surface area (Å²) in [5.74, 6) is 0.732. The number of benzene rings is 3. The van der Waals surface area contributed by atoms with Gasteiger partial charge in [-0.3, -0.25) is 0 Å².